The summed E-state index contributed by atoms with van der Waals surface area (Å²) in [7, 11) is -3.51. The molecule has 0 radical (unpaired) electrons. The van der Waals surface area contributed by atoms with Crippen molar-refractivity contribution in [1.29, 1.82) is 0 Å². The molecule has 30 heavy (non-hydrogen) atoms. The van der Waals surface area contributed by atoms with E-state index in [0.29, 0.717) is 37.6 Å². The van der Waals surface area contributed by atoms with E-state index in [2.05, 4.69) is 19.1 Å². The van der Waals surface area contributed by atoms with Crippen molar-refractivity contribution in [3.63, 3.8) is 0 Å². The van der Waals surface area contributed by atoms with Crippen molar-refractivity contribution < 1.29 is 18.5 Å². The zero-order valence-corrected chi connectivity index (χ0v) is 18.3. The first-order valence-electron chi connectivity index (χ1n) is 10.7. The van der Waals surface area contributed by atoms with Gasteiger partial charge in [0.25, 0.3) is 5.91 Å². The average molecular weight is 429 g/mol. The van der Waals surface area contributed by atoms with Gasteiger partial charge in [-0.2, -0.15) is 4.31 Å². The first-order chi connectivity index (χ1) is 14.4. The number of amides is 1. The van der Waals surface area contributed by atoms with E-state index in [0.717, 1.165) is 24.8 Å². The molecule has 2 aliphatic rings. The molecule has 160 valence electrons. The lowest BCUT2D eigenvalue weighted by atomic mass is 10.1. The van der Waals surface area contributed by atoms with Gasteiger partial charge >= 0.3 is 0 Å². The maximum absolute atomic E-state index is 13.1. The van der Waals surface area contributed by atoms with E-state index in [4.69, 9.17) is 0 Å². The van der Waals surface area contributed by atoms with Gasteiger partial charge in [-0.1, -0.05) is 36.4 Å². The molecular formula is C23H30N3O3S+. The van der Waals surface area contributed by atoms with E-state index in [-0.39, 0.29) is 11.9 Å². The number of fused-ring (bicyclic) bond motifs is 1. The van der Waals surface area contributed by atoms with Crippen LogP contribution in [0, 0.1) is 0 Å². The highest BCUT2D eigenvalue weighted by molar-refractivity contribution is 7.89. The van der Waals surface area contributed by atoms with Crippen molar-refractivity contribution in [3.05, 3.63) is 65.2 Å². The van der Waals surface area contributed by atoms with Crippen LogP contribution >= 0.6 is 0 Å². The number of nitrogens with zero attached hydrogens (tertiary/aromatic N) is 2. The van der Waals surface area contributed by atoms with Crippen molar-refractivity contribution in [3.8, 4) is 0 Å². The molecule has 1 fully saturated rings. The number of sulfonamides is 1. The second-order valence-electron chi connectivity index (χ2n) is 8.21. The molecule has 6 nitrogen and oxygen atoms in total. The third-order valence-corrected chi connectivity index (χ3v) is 8.17. The third-order valence-electron chi connectivity index (χ3n) is 6.27. The molecule has 1 saturated heterocycles. The number of nitrogens with two attached hydrogens (primary N) is 1. The number of benzene rings is 2. The standard InChI is InChI=1S/C23H29N3O3S/c1-18(19-6-3-2-4-7-19)24-17-23(27)25-12-14-26(15-13-25)30(28,29)22-11-10-20-8-5-9-21(20)16-22/h2-4,6-7,10-11,16,18,24H,5,8-9,12-15,17H2,1H3/p+1/t18-/m1/s1. The minimum atomic E-state index is -3.51. The zero-order chi connectivity index (χ0) is 21.1. The quantitative estimate of drug-likeness (QED) is 0.754. The van der Waals surface area contributed by atoms with Crippen LogP contribution in [0.2, 0.25) is 0 Å². The Morgan fingerprint density at radius 1 is 1.00 bits per heavy atom. The highest BCUT2D eigenvalue weighted by atomic mass is 32.2. The summed E-state index contributed by atoms with van der Waals surface area (Å²) < 4.78 is 27.6. The van der Waals surface area contributed by atoms with Gasteiger partial charge in [0.2, 0.25) is 10.0 Å². The van der Waals surface area contributed by atoms with Gasteiger partial charge in [-0.15, -0.1) is 0 Å². The zero-order valence-electron chi connectivity index (χ0n) is 17.5. The van der Waals surface area contributed by atoms with Crippen molar-refractivity contribution >= 4 is 15.9 Å². The van der Waals surface area contributed by atoms with Crippen molar-refractivity contribution in [2.45, 2.75) is 37.1 Å². The Kier molecular flexibility index (Phi) is 6.22. The van der Waals surface area contributed by atoms with E-state index >= 15 is 0 Å². The van der Waals surface area contributed by atoms with Crippen molar-refractivity contribution in [2.75, 3.05) is 32.7 Å². The molecule has 1 aliphatic heterocycles. The van der Waals surface area contributed by atoms with E-state index in [1.807, 2.05) is 35.6 Å². The Morgan fingerprint density at radius 2 is 1.70 bits per heavy atom. The molecule has 4 rings (SSSR count). The smallest absolute Gasteiger partial charge is 0.277 e. The summed E-state index contributed by atoms with van der Waals surface area (Å²) in [5, 5.41) is 2.03. The molecule has 0 unspecified atom stereocenters. The van der Waals surface area contributed by atoms with E-state index < -0.39 is 10.0 Å². The van der Waals surface area contributed by atoms with Crippen LogP contribution in [0.1, 0.15) is 36.1 Å². The fourth-order valence-corrected chi connectivity index (χ4v) is 5.81. The number of quaternary nitrogens is 1. The van der Waals surface area contributed by atoms with E-state index in [1.165, 1.54) is 15.4 Å². The minimum Gasteiger partial charge on any atom is -0.335 e. The average Bonchev–Trinajstić information content (AvgIpc) is 3.26. The highest BCUT2D eigenvalue weighted by Gasteiger charge is 2.31. The number of rotatable bonds is 6. The summed E-state index contributed by atoms with van der Waals surface area (Å²) in [6, 6.07) is 15.9. The lowest BCUT2D eigenvalue weighted by Crippen LogP contribution is -2.87. The van der Waals surface area contributed by atoms with Crippen molar-refractivity contribution in [1.82, 2.24) is 9.21 Å². The maximum Gasteiger partial charge on any atom is 0.277 e. The number of carbonyl (C=O) groups excluding carboxylic acids is 1. The fourth-order valence-electron chi connectivity index (χ4n) is 4.33. The molecule has 0 aromatic heterocycles. The van der Waals surface area contributed by atoms with Crippen LogP contribution in [0.15, 0.2) is 53.4 Å². The Balaban J connectivity index is 1.31. The molecule has 0 saturated carbocycles. The van der Waals surface area contributed by atoms with Gasteiger partial charge in [-0.05, 0) is 49.4 Å². The molecule has 2 N–H and O–H groups in total. The Bertz CT molecular complexity index is 1000. The second-order valence-corrected chi connectivity index (χ2v) is 10.1. The summed E-state index contributed by atoms with van der Waals surface area (Å²) in [4.78, 5) is 14.8. The van der Waals surface area contributed by atoms with Crippen LogP contribution in [-0.2, 0) is 27.7 Å². The monoisotopic (exact) mass is 428 g/mol. The molecule has 1 heterocycles. The van der Waals surface area contributed by atoms with E-state index in [9.17, 15) is 13.2 Å². The number of piperazine rings is 1. The number of hydrogen-bond donors (Lipinski definition) is 1. The maximum atomic E-state index is 13.1. The third kappa shape index (κ3) is 4.43. The van der Waals surface area contributed by atoms with Gasteiger partial charge in [0.1, 0.15) is 6.04 Å². The predicted molar refractivity (Wildman–Crippen MR) is 115 cm³/mol. The van der Waals surface area contributed by atoms with Crippen LogP contribution in [0.3, 0.4) is 0 Å². The van der Waals surface area contributed by atoms with Gasteiger partial charge < -0.3 is 10.2 Å². The normalized spacial score (nSPS) is 18.2. The molecule has 7 heteroatoms. The molecule has 1 aliphatic carbocycles. The molecule has 1 amide bonds. The van der Waals surface area contributed by atoms with Gasteiger partial charge in [-0.3, -0.25) is 4.79 Å². The summed E-state index contributed by atoms with van der Waals surface area (Å²) >= 11 is 0. The second kappa shape index (κ2) is 8.88. The van der Waals surface area contributed by atoms with E-state index in [1.54, 1.807) is 11.0 Å². The van der Waals surface area contributed by atoms with Gasteiger partial charge in [0.05, 0.1) is 4.90 Å². The molecular weight excluding hydrogens is 398 g/mol. The highest BCUT2D eigenvalue weighted by Crippen LogP contribution is 2.26. The Labute approximate surface area is 178 Å². The molecule has 1 atom stereocenters. The Hall–Kier alpha value is -2.22. The van der Waals surface area contributed by atoms with Crippen LogP contribution < -0.4 is 5.32 Å². The SMILES string of the molecule is C[C@@H]([NH2+]CC(=O)N1CCN(S(=O)(=O)c2ccc3c(c2)CCC3)CC1)c1ccccc1. The first-order valence-corrected chi connectivity index (χ1v) is 12.2. The van der Waals surface area contributed by atoms with Crippen LogP contribution in [-0.4, -0.2) is 56.3 Å². The van der Waals surface area contributed by atoms with Crippen LogP contribution in [0.25, 0.3) is 0 Å². The molecule has 2 aromatic carbocycles. The molecule has 0 spiro atoms. The molecule has 2 aromatic rings. The van der Waals surface area contributed by atoms with Gasteiger partial charge in [-0.25, -0.2) is 8.42 Å². The topological polar surface area (TPSA) is 74.3 Å². The van der Waals surface area contributed by atoms with Gasteiger partial charge in [0.15, 0.2) is 6.54 Å². The first kappa shape index (κ1) is 21.0. The summed E-state index contributed by atoms with van der Waals surface area (Å²) in [5.41, 5.74) is 3.62. The van der Waals surface area contributed by atoms with Crippen molar-refractivity contribution in [2.24, 2.45) is 0 Å². The number of aryl methyl sites for hydroxylation is 2. The van der Waals surface area contributed by atoms with Crippen LogP contribution in [0.5, 0.6) is 0 Å². The lowest BCUT2D eigenvalue weighted by molar-refractivity contribution is -0.683. The number of hydrogen-bond acceptors (Lipinski definition) is 3. The summed E-state index contributed by atoms with van der Waals surface area (Å²) in [6.07, 6.45) is 3.09. The predicted octanol–water partition coefficient (Wildman–Crippen LogP) is 1.33. The molecule has 0 bridgehead atoms. The largest absolute Gasteiger partial charge is 0.335 e. The summed E-state index contributed by atoms with van der Waals surface area (Å²) in [6.45, 7) is 4.03. The number of carbonyl (C=O) groups is 1. The van der Waals surface area contributed by atoms with Gasteiger partial charge in [0, 0.05) is 31.7 Å². The Morgan fingerprint density at radius 3 is 2.43 bits per heavy atom. The summed E-state index contributed by atoms with van der Waals surface area (Å²) in [5.74, 6) is 0.0624. The fraction of sp³-hybridized carbons (Fsp3) is 0.435. The van der Waals surface area contributed by atoms with Crippen LogP contribution in [0.4, 0.5) is 0 Å². The minimum absolute atomic E-state index is 0.0624. The lowest BCUT2D eigenvalue weighted by Gasteiger charge is -2.33.